The van der Waals surface area contributed by atoms with E-state index in [-0.39, 0.29) is 11.4 Å². The van der Waals surface area contributed by atoms with E-state index in [0.717, 1.165) is 49.1 Å². The van der Waals surface area contributed by atoms with Crippen LogP contribution in [0.5, 0.6) is 0 Å². The molecular formula is C17H37O4Si2. The lowest BCUT2D eigenvalue weighted by molar-refractivity contribution is -0.177. The Morgan fingerprint density at radius 2 is 1.61 bits per heavy atom. The van der Waals surface area contributed by atoms with Gasteiger partial charge in [-0.05, 0) is 32.6 Å². The molecule has 0 fully saturated rings. The van der Waals surface area contributed by atoms with Crippen LogP contribution >= 0.6 is 0 Å². The zero-order chi connectivity index (χ0) is 18.0. The predicted molar refractivity (Wildman–Crippen MR) is 105 cm³/mol. The van der Waals surface area contributed by atoms with Crippen LogP contribution in [0.15, 0.2) is 12.7 Å². The van der Waals surface area contributed by atoms with Gasteiger partial charge < -0.3 is 14.2 Å². The molecule has 6 heteroatoms. The van der Waals surface area contributed by atoms with Crippen LogP contribution in [-0.2, 0) is 19.0 Å². The lowest BCUT2D eigenvalue weighted by atomic mass is 10.3. The second kappa shape index (κ2) is 17.9. The van der Waals surface area contributed by atoms with Gasteiger partial charge in [0, 0.05) is 29.5 Å². The molecule has 0 saturated carbocycles. The van der Waals surface area contributed by atoms with Gasteiger partial charge in [-0.2, -0.15) is 0 Å². The van der Waals surface area contributed by atoms with Gasteiger partial charge in [-0.25, -0.2) is 4.79 Å². The number of hydrogen-bond donors (Lipinski definition) is 0. The topological polar surface area (TPSA) is 44.8 Å². The van der Waals surface area contributed by atoms with Crippen molar-refractivity contribution in [2.24, 2.45) is 0 Å². The smallest absolute Gasteiger partial charge is 0.330 e. The summed E-state index contributed by atoms with van der Waals surface area (Å²) in [7, 11) is 2.08. The minimum atomic E-state index is -0.329. The van der Waals surface area contributed by atoms with Crippen molar-refractivity contribution in [3.8, 4) is 0 Å². The highest BCUT2D eigenvalue weighted by Gasteiger charge is 2.22. The van der Waals surface area contributed by atoms with E-state index in [1.54, 1.807) is 0 Å². The molecule has 0 saturated heterocycles. The van der Waals surface area contributed by atoms with Crippen molar-refractivity contribution < 1.29 is 19.0 Å². The molecule has 0 aromatic rings. The molecule has 0 aromatic heterocycles. The van der Waals surface area contributed by atoms with E-state index in [9.17, 15) is 4.79 Å². The maximum absolute atomic E-state index is 10.4. The van der Waals surface area contributed by atoms with E-state index < -0.39 is 0 Å². The molecule has 1 radical (unpaired) electrons. The third kappa shape index (κ3) is 17.7. The molecule has 0 amide bonds. The number of unbranched alkanes of at least 4 members (excludes halogenated alkanes) is 2. The van der Waals surface area contributed by atoms with Crippen molar-refractivity contribution in [3.63, 3.8) is 0 Å². The number of carbonyl (C=O) groups excluding carboxylic acids is 1. The molecule has 0 aromatic carbocycles. The largest absolute Gasteiger partial charge is 0.463 e. The highest BCUT2D eigenvalue weighted by Crippen LogP contribution is 2.14. The first-order chi connectivity index (χ1) is 11.0. The summed E-state index contributed by atoms with van der Waals surface area (Å²) in [5.41, 5.74) is -0.329. The third-order valence-corrected chi connectivity index (χ3v) is 4.96. The Balaban J connectivity index is 0. The van der Waals surface area contributed by atoms with Gasteiger partial charge in [0.2, 0.25) is 0 Å². The van der Waals surface area contributed by atoms with E-state index in [4.69, 9.17) is 14.2 Å². The summed E-state index contributed by atoms with van der Waals surface area (Å²) >= 11 is 0. The predicted octanol–water partition coefficient (Wildman–Crippen LogP) is 1.75. The Labute approximate surface area is 149 Å². The molecule has 4 nitrogen and oxygen atoms in total. The first-order valence-corrected chi connectivity index (χ1v) is 11.3. The fraction of sp³-hybridized carbons (Fsp3) is 0.765. The monoisotopic (exact) mass is 361 g/mol. The van der Waals surface area contributed by atoms with Crippen LogP contribution in [-0.4, -0.2) is 51.7 Å². The van der Waals surface area contributed by atoms with Crippen molar-refractivity contribution in [1.82, 2.24) is 0 Å². The zero-order valence-electron chi connectivity index (χ0n) is 15.7. The van der Waals surface area contributed by atoms with Crippen molar-refractivity contribution in [2.75, 3.05) is 19.8 Å². The van der Waals surface area contributed by atoms with Gasteiger partial charge in [0.15, 0.2) is 0 Å². The average Bonchev–Trinajstić information content (AvgIpc) is 2.56. The average molecular weight is 362 g/mol. The second-order valence-corrected chi connectivity index (χ2v) is 8.04. The van der Waals surface area contributed by atoms with Crippen LogP contribution in [0.3, 0.4) is 0 Å². The van der Waals surface area contributed by atoms with Crippen LogP contribution in [0.2, 0.25) is 6.04 Å². The standard InChI is InChI=1S/C11H25O2Si.C6H12O2Si/c1-4-7-9-12-11(14,6-3)13-10-8-5-2;1-2-6(7)8-4-3-5-9/h3-10H2,1-2,14H3;2H,1,3-5H2,9H3. The first kappa shape index (κ1) is 24.8. The number of carbonyl (C=O) groups is 1. The molecule has 0 aliphatic carbocycles. The van der Waals surface area contributed by atoms with E-state index in [2.05, 4.69) is 27.4 Å². The Hall–Kier alpha value is -0.436. The fourth-order valence-electron chi connectivity index (χ4n) is 1.43. The number of ether oxygens (including phenoxy) is 3. The van der Waals surface area contributed by atoms with Crippen molar-refractivity contribution in [3.05, 3.63) is 19.6 Å². The zero-order valence-corrected chi connectivity index (χ0v) is 19.7. The van der Waals surface area contributed by atoms with E-state index >= 15 is 0 Å². The van der Waals surface area contributed by atoms with Crippen LogP contribution in [0.25, 0.3) is 0 Å². The van der Waals surface area contributed by atoms with E-state index in [0.29, 0.717) is 6.61 Å². The Bertz CT molecular complexity index is 276. The Morgan fingerprint density at radius 1 is 1.09 bits per heavy atom. The quantitative estimate of drug-likeness (QED) is 0.165. The lowest BCUT2D eigenvalue weighted by Gasteiger charge is -2.29. The highest BCUT2D eigenvalue weighted by atomic mass is 28.1. The van der Waals surface area contributed by atoms with Crippen LogP contribution < -0.4 is 0 Å². The van der Waals surface area contributed by atoms with E-state index in [1.165, 1.54) is 35.2 Å². The van der Waals surface area contributed by atoms with Crippen LogP contribution in [0.4, 0.5) is 0 Å². The van der Waals surface area contributed by atoms with Gasteiger partial charge in [0.05, 0.1) is 16.8 Å². The minimum Gasteiger partial charge on any atom is -0.463 e. The summed E-state index contributed by atoms with van der Waals surface area (Å²) < 4.78 is 16.2. The van der Waals surface area contributed by atoms with Crippen molar-refractivity contribution >= 4 is 26.5 Å². The second-order valence-electron chi connectivity index (χ2n) is 5.51. The van der Waals surface area contributed by atoms with Crippen LogP contribution in [0.1, 0.15) is 52.4 Å². The van der Waals surface area contributed by atoms with Crippen molar-refractivity contribution in [2.45, 2.75) is 63.8 Å². The molecule has 137 valence electrons. The number of hydrogen-bond acceptors (Lipinski definition) is 4. The molecule has 0 heterocycles. The summed E-state index contributed by atoms with van der Waals surface area (Å²) in [5, 5.41) is 0. The molecule has 23 heavy (non-hydrogen) atoms. The van der Waals surface area contributed by atoms with Gasteiger partial charge >= 0.3 is 5.97 Å². The normalized spacial score (nSPS) is 10.9. The Morgan fingerprint density at radius 3 is 1.96 bits per heavy atom. The van der Waals surface area contributed by atoms with Gasteiger partial charge in [-0.3, -0.25) is 0 Å². The molecular weight excluding hydrogens is 324 g/mol. The maximum Gasteiger partial charge on any atom is 0.330 e. The summed E-state index contributed by atoms with van der Waals surface area (Å²) in [6.45, 7) is 13.7. The van der Waals surface area contributed by atoms with Gasteiger partial charge in [-0.1, -0.05) is 39.3 Å². The van der Waals surface area contributed by atoms with Crippen molar-refractivity contribution in [1.29, 1.82) is 0 Å². The van der Waals surface area contributed by atoms with Gasteiger partial charge in [0.1, 0.15) is 5.41 Å². The number of esters is 1. The summed E-state index contributed by atoms with van der Waals surface area (Å²) in [5.74, 6) is -0.315. The van der Waals surface area contributed by atoms with Gasteiger partial charge in [0.25, 0.3) is 0 Å². The SMILES string of the molecule is C=CC(=O)OCCC[SiH3].[CH2]CC([SiH3])(OCCCC)OCCCC. The molecule has 0 bridgehead atoms. The van der Waals surface area contributed by atoms with E-state index in [1.807, 2.05) is 0 Å². The maximum atomic E-state index is 10.4. The van der Waals surface area contributed by atoms with Gasteiger partial charge in [-0.15, -0.1) is 0 Å². The highest BCUT2D eigenvalue weighted by molar-refractivity contribution is 6.13. The molecule has 0 spiro atoms. The summed E-state index contributed by atoms with van der Waals surface area (Å²) in [6.07, 6.45) is 7.47. The molecule has 0 N–H and O–H groups in total. The Kier molecular flexibility index (Phi) is 19.3. The minimum absolute atomic E-state index is 0.315. The number of rotatable bonds is 13. The molecule has 0 aliphatic rings. The lowest BCUT2D eigenvalue weighted by Crippen LogP contribution is -2.36. The fourth-order valence-corrected chi connectivity index (χ4v) is 2.12. The third-order valence-electron chi connectivity index (χ3n) is 3.17. The molecule has 0 atom stereocenters. The van der Waals surface area contributed by atoms with Crippen LogP contribution in [0, 0.1) is 6.92 Å². The molecule has 0 rings (SSSR count). The first-order valence-electron chi connectivity index (χ1n) is 8.85. The summed E-state index contributed by atoms with van der Waals surface area (Å²) in [4.78, 5) is 10.4. The summed E-state index contributed by atoms with van der Waals surface area (Å²) in [6, 6.07) is 1.18. The molecule has 0 aliphatic heterocycles. The molecule has 0 unspecified atom stereocenters.